The Morgan fingerprint density at radius 2 is 2.04 bits per heavy atom. The van der Waals surface area contributed by atoms with Crippen LogP contribution in [0.1, 0.15) is 22.9 Å². The van der Waals surface area contributed by atoms with Crippen molar-refractivity contribution in [2.75, 3.05) is 13.3 Å². The first-order valence-corrected chi connectivity index (χ1v) is 9.08. The summed E-state index contributed by atoms with van der Waals surface area (Å²) in [5.41, 5.74) is 1.88. The topological polar surface area (TPSA) is 47.9 Å². The molecular formula is C17H16FN3OSe. The van der Waals surface area contributed by atoms with Gasteiger partial charge in [-0.25, -0.2) is 0 Å². The van der Waals surface area contributed by atoms with Crippen molar-refractivity contribution in [2.45, 2.75) is 13.3 Å². The number of hydrogen-bond acceptors (Lipinski definition) is 4. The van der Waals surface area contributed by atoms with Gasteiger partial charge < -0.3 is 0 Å². The summed E-state index contributed by atoms with van der Waals surface area (Å²) < 4.78 is 19.7. The molecule has 0 saturated carbocycles. The zero-order valence-electron chi connectivity index (χ0n) is 12.7. The zero-order valence-corrected chi connectivity index (χ0v) is 14.4. The van der Waals surface area contributed by atoms with E-state index in [9.17, 15) is 4.39 Å². The zero-order chi connectivity index (χ0) is 16.1. The molecule has 0 saturated heterocycles. The van der Waals surface area contributed by atoms with Gasteiger partial charge >= 0.3 is 139 Å². The summed E-state index contributed by atoms with van der Waals surface area (Å²) in [4.78, 5) is 13.2. The molecule has 23 heavy (non-hydrogen) atoms. The van der Waals surface area contributed by atoms with Crippen molar-refractivity contribution in [2.24, 2.45) is 0 Å². The van der Waals surface area contributed by atoms with Gasteiger partial charge in [-0.3, -0.25) is 0 Å². The Kier molecular flexibility index (Phi) is 5.16. The monoisotopic (exact) mass is 377 g/mol. The summed E-state index contributed by atoms with van der Waals surface area (Å²) >= 11 is 0.175. The summed E-state index contributed by atoms with van der Waals surface area (Å²) in [7, 11) is 0. The van der Waals surface area contributed by atoms with E-state index in [2.05, 4.69) is 15.0 Å². The summed E-state index contributed by atoms with van der Waals surface area (Å²) in [6, 6.07) is 5.74. The van der Waals surface area contributed by atoms with Crippen LogP contribution in [0.15, 0.2) is 30.6 Å². The van der Waals surface area contributed by atoms with Crippen LogP contribution < -0.4 is 4.74 Å². The quantitative estimate of drug-likeness (QED) is 0.620. The minimum absolute atomic E-state index is 0.0775. The summed E-state index contributed by atoms with van der Waals surface area (Å²) in [5.74, 6) is 1.51. The van der Waals surface area contributed by atoms with E-state index in [1.165, 1.54) is 4.26 Å². The number of alkyl halides is 1. The maximum atomic E-state index is 12.2. The van der Waals surface area contributed by atoms with Gasteiger partial charge in [0.2, 0.25) is 0 Å². The first-order valence-electron chi connectivity index (χ1n) is 7.37. The van der Waals surface area contributed by atoms with E-state index in [0.29, 0.717) is 5.75 Å². The molecule has 0 unspecified atom stereocenters. The van der Waals surface area contributed by atoms with E-state index in [1.54, 1.807) is 0 Å². The molecule has 2 heterocycles. The van der Waals surface area contributed by atoms with E-state index in [1.807, 2.05) is 49.7 Å². The Labute approximate surface area is 139 Å². The minimum atomic E-state index is -0.489. The van der Waals surface area contributed by atoms with Gasteiger partial charge in [0.25, 0.3) is 0 Å². The molecule has 0 aliphatic rings. The molecular weight excluding hydrogens is 360 g/mol. The average Bonchev–Trinajstić information content (AvgIpc) is 3.00. The Morgan fingerprint density at radius 1 is 1.22 bits per heavy atom. The molecule has 118 valence electrons. The van der Waals surface area contributed by atoms with Gasteiger partial charge in [-0.15, -0.1) is 0 Å². The fraction of sp³-hybridized carbons (Fsp3) is 0.235. The van der Waals surface area contributed by atoms with Crippen LogP contribution in [0.4, 0.5) is 4.39 Å². The molecule has 2 aromatic heterocycles. The molecule has 0 radical (unpaired) electrons. The molecule has 3 aromatic rings. The molecule has 4 nitrogen and oxygen atoms in total. The number of halogens is 1. The number of aromatic nitrogens is 3. The van der Waals surface area contributed by atoms with Crippen LogP contribution in [-0.2, 0) is 6.42 Å². The Morgan fingerprint density at radius 3 is 2.78 bits per heavy atom. The van der Waals surface area contributed by atoms with Crippen molar-refractivity contribution in [3.8, 4) is 5.75 Å². The van der Waals surface area contributed by atoms with E-state index in [4.69, 9.17) is 4.74 Å². The van der Waals surface area contributed by atoms with Gasteiger partial charge in [-0.1, -0.05) is 0 Å². The predicted molar refractivity (Wildman–Crippen MR) is 90.5 cm³/mol. The number of hydrogen-bond donors (Lipinski definition) is 0. The van der Waals surface area contributed by atoms with E-state index in [0.717, 1.165) is 27.9 Å². The van der Waals surface area contributed by atoms with Crippen LogP contribution in [0.3, 0.4) is 0 Å². The van der Waals surface area contributed by atoms with E-state index < -0.39 is 6.67 Å². The summed E-state index contributed by atoms with van der Waals surface area (Å²) in [6.07, 6.45) is 8.46. The second-order valence-corrected chi connectivity index (χ2v) is 7.07. The third kappa shape index (κ3) is 4.03. The average molecular weight is 376 g/mol. The van der Waals surface area contributed by atoms with Crippen LogP contribution in [-0.4, -0.2) is 42.7 Å². The normalized spacial score (nSPS) is 11.4. The number of ether oxygens (including phenoxy) is 1. The Bertz CT molecular complexity index is 814. The first kappa shape index (κ1) is 15.8. The predicted octanol–water partition coefficient (Wildman–Crippen LogP) is 3.16. The maximum absolute atomic E-state index is 12.2. The molecule has 0 amide bonds. The van der Waals surface area contributed by atoms with Crippen LogP contribution >= 0.6 is 0 Å². The van der Waals surface area contributed by atoms with Crippen LogP contribution in [0.25, 0.3) is 21.9 Å². The first-order chi connectivity index (χ1) is 11.3. The fourth-order valence-electron chi connectivity index (χ4n) is 2.04. The van der Waals surface area contributed by atoms with Crippen molar-refractivity contribution in [1.82, 2.24) is 15.0 Å². The van der Waals surface area contributed by atoms with E-state index >= 15 is 0 Å². The summed E-state index contributed by atoms with van der Waals surface area (Å²) in [5, 5.41) is 0. The van der Waals surface area contributed by atoms with Crippen LogP contribution in [0.2, 0.25) is 0 Å². The Balaban J connectivity index is 1.77. The second-order valence-electron chi connectivity index (χ2n) is 4.84. The number of nitrogens with zero attached hydrogens (tertiary/aromatic N) is 3. The van der Waals surface area contributed by atoms with Crippen molar-refractivity contribution in [3.63, 3.8) is 0 Å². The summed E-state index contributed by atoms with van der Waals surface area (Å²) in [6.45, 7) is 1.62. The van der Waals surface area contributed by atoms with Gasteiger partial charge in [0, 0.05) is 0 Å². The molecule has 0 atom stereocenters. The van der Waals surface area contributed by atoms with Crippen molar-refractivity contribution >= 4 is 36.4 Å². The van der Waals surface area contributed by atoms with Gasteiger partial charge in [0.05, 0.1) is 0 Å². The molecule has 0 aliphatic carbocycles. The van der Waals surface area contributed by atoms with Crippen LogP contribution in [0.5, 0.6) is 5.75 Å². The molecule has 6 heteroatoms. The van der Waals surface area contributed by atoms with E-state index in [-0.39, 0.29) is 21.1 Å². The van der Waals surface area contributed by atoms with Crippen molar-refractivity contribution in [3.05, 3.63) is 46.5 Å². The van der Waals surface area contributed by atoms with Gasteiger partial charge in [-0.05, 0) is 0 Å². The SMILES string of the molecule is CCc1ncc(/C=C/c2nc3cc(OCCF)ccc3[se]2)cn1. The number of aryl methyl sites for hydroxylation is 1. The third-order valence-electron chi connectivity index (χ3n) is 3.18. The Hall–Kier alpha value is -2.04. The number of benzene rings is 1. The fourth-order valence-corrected chi connectivity index (χ4v) is 3.83. The second kappa shape index (κ2) is 7.49. The van der Waals surface area contributed by atoms with Gasteiger partial charge in [0.1, 0.15) is 0 Å². The van der Waals surface area contributed by atoms with Crippen molar-refractivity contribution in [1.29, 1.82) is 0 Å². The van der Waals surface area contributed by atoms with Gasteiger partial charge in [-0.2, -0.15) is 0 Å². The van der Waals surface area contributed by atoms with Gasteiger partial charge in [0.15, 0.2) is 0 Å². The molecule has 0 aliphatic heterocycles. The molecule has 1 aromatic carbocycles. The number of rotatable bonds is 6. The molecule has 0 bridgehead atoms. The molecule has 0 spiro atoms. The molecule has 3 rings (SSSR count). The van der Waals surface area contributed by atoms with Crippen LogP contribution in [0, 0.1) is 0 Å². The molecule has 0 fully saturated rings. The standard InChI is InChI=1S/C17H16FN3OSe/c1-2-16-19-10-12(11-20-16)3-6-17-21-14-9-13(22-8-7-18)4-5-15(14)23-17/h3-6,9-11H,2,7-8H2,1H3/b6-3+. The number of fused-ring (bicyclic) bond motifs is 1. The van der Waals surface area contributed by atoms with Crippen molar-refractivity contribution < 1.29 is 9.13 Å². The molecule has 0 N–H and O–H groups in total. The third-order valence-corrected chi connectivity index (χ3v) is 5.28.